The highest BCUT2D eigenvalue weighted by Gasteiger charge is 2.26. The van der Waals surface area contributed by atoms with Crippen LogP contribution in [0.2, 0.25) is 0 Å². The molecule has 3 aromatic rings. The van der Waals surface area contributed by atoms with Crippen molar-refractivity contribution >= 4 is 40.3 Å². The summed E-state index contributed by atoms with van der Waals surface area (Å²) in [5.41, 5.74) is 2.19. The molecule has 0 aromatic heterocycles. The maximum absolute atomic E-state index is 13.0. The Morgan fingerprint density at radius 2 is 1.35 bits per heavy atom. The van der Waals surface area contributed by atoms with Gasteiger partial charge in [0.2, 0.25) is 0 Å². The van der Waals surface area contributed by atoms with Crippen molar-refractivity contribution in [2.24, 2.45) is 4.76 Å². The molecule has 0 fully saturated rings. The van der Waals surface area contributed by atoms with Gasteiger partial charge < -0.3 is 4.74 Å². The number of carbonyl (C=O) groups excluding carboxylic acids is 1. The fourth-order valence-corrected chi connectivity index (χ4v) is 6.35. The molecule has 0 saturated carbocycles. The summed E-state index contributed by atoms with van der Waals surface area (Å²) in [4.78, 5) is 13.0. The van der Waals surface area contributed by atoms with Crippen LogP contribution in [0.3, 0.4) is 0 Å². The van der Waals surface area contributed by atoms with Crippen molar-refractivity contribution in [2.75, 3.05) is 6.61 Å². The van der Waals surface area contributed by atoms with E-state index in [0.29, 0.717) is 5.56 Å². The second-order valence-electron chi connectivity index (χ2n) is 8.24. The third-order valence-electron chi connectivity index (χ3n) is 4.95. The quantitative estimate of drug-likeness (QED) is 0.288. The molecule has 3 rings (SSSR count). The number of esters is 1. The van der Waals surface area contributed by atoms with E-state index in [1.807, 2.05) is 84.9 Å². The molecule has 0 aliphatic heterocycles. The lowest BCUT2D eigenvalue weighted by atomic mass is 9.86. The average molecular weight is 450 g/mol. The first-order valence-corrected chi connectivity index (χ1v) is 13.1. The van der Waals surface area contributed by atoms with Crippen LogP contribution in [0.4, 0.5) is 0 Å². The van der Waals surface area contributed by atoms with Gasteiger partial charge >= 0.3 is 5.97 Å². The number of hydrogen-bond donors (Lipinski definition) is 0. The van der Waals surface area contributed by atoms with Crippen molar-refractivity contribution in [1.29, 1.82) is 0 Å². The zero-order valence-electron chi connectivity index (χ0n) is 18.4. The SMILES string of the molecule is CCOC(=O)/C(=N/P(=S)(c1ccccc1)c1ccccc1)c1ccc(C(C)(C)C)cc1. The van der Waals surface area contributed by atoms with Crippen molar-refractivity contribution in [1.82, 2.24) is 0 Å². The third-order valence-corrected chi connectivity index (χ3v) is 8.93. The molecule has 160 valence electrons. The molecule has 3 aromatic carbocycles. The number of nitrogens with zero attached hydrogens (tertiary/aromatic N) is 1. The maximum atomic E-state index is 13.0. The topological polar surface area (TPSA) is 38.7 Å². The van der Waals surface area contributed by atoms with E-state index in [1.54, 1.807) is 6.92 Å². The Hall–Kier alpha value is -2.55. The second kappa shape index (κ2) is 9.72. The predicted octanol–water partition coefficient (Wildman–Crippen LogP) is 5.38. The molecule has 31 heavy (non-hydrogen) atoms. The predicted molar refractivity (Wildman–Crippen MR) is 135 cm³/mol. The lowest BCUT2D eigenvalue weighted by Gasteiger charge is -2.21. The van der Waals surface area contributed by atoms with Gasteiger partial charge in [-0.3, -0.25) is 0 Å². The van der Waals surface area contributed by atoms with Gasteiger partial charge in [-0.2, -0.15) is 0 Å². The molecule has 0 aliphatic rings. The molecule has 0 unspecified atom stereocenters. The van der Waals surface area contributed by atoms with Gasteiger partial charge in [-0.15, -0.1) is 0 Å². The number of benzene rings is 3. The molecular formula is C26H28NO2PS. The molecule has 0 aliphatic carbocycles. The van der Waals surface area contributed by atoms with E-state index in [2.05, 4.69) is 20.8 Å². The third kappa shape index (κ3) is 5.39. The number of carbonyl (C=O) groups is 1. The molecular weight excluding hydrogens is 421 g/mol. The number of hydrogen-bond acceptors (Lipinski definition) is 3. The summed E-state index contributed by atoms with van der Waals surface area (Å²) in [6, 6.07) is 27.6. The van der Waals surface area contributed by atoms with Gasteiger partial charge in [-0.25, -0.2) is 9.56 Å². The zero-order chi connectivity index (χ0) is 22.5. The molecule has 0 bridgehead atoms. The fraction of sp³-hybridized carbons (Fsp3) is 0.231. The van der Waals surface area contributed by atoms with E-state index in [1.165, 1.54) is 5.56 Å². The lowest BCUT2D eigenvalue weighted by Crippen LogP contribution is -2.22. The van der Waals surface area contributed by atoms with Crippen LogP contribution in [0.15, 0.2) is 89.7 Å². The summed E-state index contributed by atoms with van der Waals surface area (Å²) in [7, 11) is 0. The molecule has 0 radical (unpaired) electrons. The molecule has 5 heteroatoms. The first-order chi connectivity index (χ1) is 14.8. The molecule has 3 nitrogen and oxygen atoms in total. The van der Waals surface area contributed by atoms with E-state index >= 15 is 0 Å². The summed E-state index contributed by atoms with van der Waals surface area (Å²) in [6.45, 7) is 8.55. The van der Waals surface area contributed by atoms with E-state index < -0.39 is 12.2 Å². The van der Waals surface area contributed by atoms with Gasteiger partial charge in [0.1, 0.15) is 6.19 Å². The Bertz CT molecular complexity index is 1060. The molecule has 0 heterocycles. The summed E-state index contributed by atoms with van der Waals surface area (Å²) in [5, 5.41) is 1.87. The van der Waals surface area contributed by atoms with Gasteiger partial charge in [-0.05, 0) is 17.9 Å². The van der Waals surface area contributed by atoms with Crippen molar-refractivity contribution < 1.29 is 9.53 Å². The highest BCUT2D eigenvalue weighted by Crippen LogP contribution is 2.46. The monoisotopic (exact) mass is 449 g/mol. The van der Waals surface area contributed by atoms with Gasteiger partial charge in [-0.1, -0.05) is 118 Å². The van der Waals surface area contributed by atoms with Crippen molar-refractivity contribution in [3.8, 4) is 0 Å². The summed E-state index contributed by atoms with van der Waals surface area (Å²) >= 11 is 6.22. The Morgan fingerprint density at radius 3 is 1.77 bits per heavy atom. The first kappa shape index (κ1) is 23.1. The largest absolute Gasteiger partial charge is 0.461 e. The van der Waals surface area contributed by atoms with Crippen LogP contribution < -0.4 is 10.6 Å². The smallest absolute Gasteiger partial charge is 0.357 e. The highest BCUT2D eigenvalue weighted by atomic mass is 32.4. The fourth-order valence-electron chi connectivity index (χ4n) is 3.21. The number of ether oxygens (including phenoxy) is 1. The second-order valence-corrected chi connectivity index (χ2v) is 12.2. The van der Waals surface area contributed by atoms with Crippen LogP contribution >= 0.6 is 6.19 Å². The van der Waals surface area contributed by atoms with Crippen LogP contribution in [-0.4, -0.2) is 18.3 Å². The number of rotatable bonds is 6. The van der Waals surface area contributed by atoms with Crippen LogP contribution in [-0.2, 0) is 26.8 Å². The Kier molecular flexibility index (Phi) is 7.25. The normalized spacial score (nSPS) is 12.5. The molecule has 0 amide bonds. The lowest BCUT2D eigenvalue weighted by molar-refractivity contribution is -0.134. The van der Waals surface area contributed by atoms with Crippen LogP contribution in [0.1, 0.15) is 38.8 Å². The Morgan fingerprint density at radius 1 is 0.871 bits per heavy atom. The molecule has 0 atom stereocenters. The Balaban J connectivity index is 2.21. The van der Waals surface area contributed by atoms with Crippen LogP contribution in [0.25, 0.3) is 0 Å². The molecule has 0 N–H and O–H groups in total. The highest BCUT2D eigenvalue weighted by molar-refractivity contribution is 8.21. The van der Waals surface area contributed by atoms with E-state index in [-0.39, 0.29) is 17.7 Å². The van der Waals surface area contributed by atoms with Gasteiger partial charge in [0.15, 0.2) is 5.71 Å². The molecule has 0 spiro atoms. The van der Waals surface area contributed by atoms with Gasteiger partial charge in [0.05, 0.1) is 6.61 Å². The van der Waals surface area contributed by atoms with Crippen LogP contribution in [0.5, 0.6) is 0 Å². The summed E-state index contributed by atoms with van der Waals surface area (Å²) in [5.74, 6) is -0.452. The van der Waals surface area contributed by atoms with E-state index in [9.17, 15) is 4.79 Å². The van der Waals surface area contributed by atoms with Gasteiger partial charge in [0, 0.05) is 16.2 Å². The van der Waals surface area contributed by atoms with Crippen molar-refractivity contribution in [3.05, 3.63) is 96.1 Å². The van der Waals surface area contributed by atoms with E-state index in [4.69, 9.17) is 21.3 Å². The minimum atomic E-state index is -2.65. The van der Waals surface area contributed by atoms with Crippen molar-refractivity contribution in [2.45, 2.75) is 33.1 Å². The van der Waals surface area contributed by atoms with Gasteiger partial charge in [0.25, 0.3) is 0 Å². The zero-order valence-corrected chi connectivity index (χ0v) is 20.1. The standard InChI is InChI=1S/C26H28NO2PS/c1-5-29-25(28)24(20-16-18-21(19-17-20)26(2,3)4)27-30(31,22-12-8-6-9-13-22)23-14-10-7-11-15-23/h6-19H,5H2,1-4H3/b27-24+. The van der Waals surface area contributed by atoms with Crippen molar-refractivity contribution in [3.63, 3.8) is 0 Å². The van der Waals surface area contributed by atoms with Crippen LogP contribution in [0, 0.1) is 0 Å². The average Bonchev–Trinajstić information content (AvgIpc) is 2.78. The minimum absolute atomic E-state index is 0.0165. The summed E-state index contributed by atoms with van der Waals surface area (Å²) in [6.07, 6.45) is -2.65. The first-order valence-electron chi connectivity index (χ1n) is 10.4. The maximum Gasteiger partial charge on any atom is 0.357 e. The Labute approximate surface area is 190 Å². The summed E-state index contributed by atoms with van der Waals surface area (Å²) < 4.78 is 10.4. The minimum Gasteiger partial charge on any atom is -0.461 e. The van der Waals surface area contributed by atoms with E-state index in [0.717, 1.165) is 10.6 Å². The molecule has 0 saturated heterocycles.